The smallest absolute Gasteiger partial charge is 0.224 e. The van der Waals surface area contributed by atoms with E-state index in [9.17, 15) is 4.79 Å². The molecule has 82 valence electrons. The van der Waals surface area contributed by atoms with Gasteiger partial charge in [-0.25, -0.2) is 0 Å². The number of hydrogen-bond acceptors (Lipinski definition) is 2. The molecular formula is C11H22N2O. The van der Waals surface area contributed by atoms with Crippen LogP contribution in [-0.2, 0) is 4.79 Å². The molecule has 0 atom stereocenters. The van der Waals surface area contributed by atoms with Crippen LogP contribution in [0.2, 0.25) is 0 Å². The number of rotatable bonds is 3. The third-order valence-electron chi connectivity index (χ3n) is 3.27. The van der Waals surface area contributed by atoms with Crippen LogP contribution < -0.4 is 5.73 Å². The third kappa shape index (κ3) is 2.71. The molecule has 1 rings (SSSR count). The molecule has 14 heavy (non-hydrogen) atoms. The summed E-state index contributed by atoms with van der Waals surface area (Å²) in [5.74, 6) is 0.185. The highest BCUT2D eigenvalue weighted by molar-refractivity contribution is 5.77. The molecule has 1 fully saturated rings. The normalized spacial score (nSPS) is 20.1. The van der Waals surface area contributed by atoms with Gasteiger partial charge in [0, 0.05) is 25.0 Å². The van der Waals surface area contributed by atoms with E-state index in [2.05, 4.69) is 0 Å². The lowest BCUT2D eigenvalue weighted by atomic mass is 9.94. The number of nitrogens with two attached hydrogens (primary N) is 1. The highest BCUT2D eigenvalue weighted by atomic mass is 16.2. The van der Waals surface area contributed by atoms with Crippen LogP contribution >= 0.6 is 0 Å². The molecule has 0 unspecified atom stereocenters. The molecule has 3 nitrogen and oxygen atoms in total. The Morgan fingerprint density at radius 2 is 1.93 bits per heavy atom. The van der Waals surface area contributed by atoms with Crippen molar-refractivity contribution in [3.05, 3.63) is 0 Å². The van der Waals surface area contributed by atoms with Crippen molar-refractivity contribution in [3.63, 3.8) is 0 Å². The lowest BCUT2D eigenvalue weighted by Crippen LogP contribution is -2.44. The number of carbonyl (C=O) groups is 1. The van der Waals surface area contributed by atoms with Crippen LogP contribution in [0.4, 0.5) is 0 Å². The Morgan fingerprint density at radius 3 is 2.36 bits per heavy atom. The zero-order chi connectivity index (χ0) is 10.8. The summed E-state index contributed by atoms with van der Waals surface area (Å²) in [5, 5.41) is 0. The first kappa shape index (κ1) is 11.5. The average molecular weight is 198 g/mol. The zero-order valence-electron chi connectivity index (χ0n) is 9.55. The van der Waals surface area contributed by atoms with Gasteiger partial charge < -0.3 is 10.6 Å². The number of carbonyl (C=O) groups excluding carboxylic acids is 1. The summed E-state index contributed by atoms with van der Waals surface area (Å²) in [7, 11) is 1.85. The molecule has 0 aromatic carbocycles. The summed E-state index contributed by atoms with van der Waals surface area (Å²) in [6.45, 7) is 4.05. The van der Waals surface area contributed by atoms with Gasteiger partial charge in [0.15, 0.2) is 0 Å². The monoisotopic (exact) mass is 198 g/mol. The summed E-state index contributed by atoms with van der Waals surface area (Å²) in [4.78, 5) is 13.6. The van der Waals surface area contributed by atoms with Crippen LogP contribution in [0, 0.1) is 0 Å². The van der Waals surface area contributed by atoms with Crippen LogP contribution in [0.15, 0.2) is 0 Å². The topological polar surface area (TPSA) is 46.3 Å². The summed E-state index contributed by atoms with van der Waals surface area (Å²) in [6, 6.07) is 0.271. The van der Waals surface area contributed by atoms with E-state index in [1.807, 2.05) is 20.9 Å². The lowest BCUT2D eigenvalue weighted by Gasteiger charge is -2.28. The molecule has 1 aliphatic carbocycles. The van der Waals surface area contributed by atoms with Gasteiger partial charge in [-0.3, -0.25) is 4.79 Å². The van der Waals surface area contributed by atoms with E-state index in [-0.39, 0.29) is 17.5 Å². The van der Waals surface area contributed by atoms with Crippen molar-refractivity contribution in [1.29, 1.82) is 0 Å². The van der Waals surface area contributed by atoms with E-state index in [1.165, 1.54) is 12.8 Å². The molecule has 0 aromatic rings. The predicted molar refractivity (Wildman–Crippen MR) is 57.9 cm³/mol. The van der Waals surface area contributed by atoms with Crippen molar-refractivity contribution in [2.75, 3.05) is 7.05 Å². The van der Waals surface area contributed by atoms with Crippen molar-refractivity contribution in [3.8, 4) is 0 Å². The second kappa shape index (κ2) is 4.30. The maximum atomic E-state index is 11.8. The Bertz CT molecular complexity index is 207. The SMILES string of the molecule is CC(C)N(C)C(=O)CC1(N)CCCC1. The maximum Gasteiger partial charge on any atom is 0.224 e. The van der Waals surface area contributed by atoms with Gasteiger partial charge in [0.2, 0.25) is 5.91 Å². The standard InChI is InChI=1S/C11H22N2O/c1-9(2)13(3)10(14)8-11(12)6-4-5-7-11/h9H,4-8,12H2,1-3H3. The first-order valence-corrected chi connectivity index (χ1v) is 5.49. The second-order valence-electron chi connectivity index (χ2n) is 4.84. The molecule has 0 spiro atoms. The van der Waals surface area contributed by atoms with Gasteiger partial charge >= 0.3 is 0 Å². The number of nitrogens with zero attached hydrogens (tertiary/aromatic N) is 1. The molecule has 0 aliphatic heterocycles. The molecule has 0 aromatic heterocycles. The minimum atomic E-state index is -0.208. The van der Waals surface area contributed by atoms with Crippen molar-refractivity contribution in [2.45, 2.75) is 57.5 Å². The summed E-state index contributed by atoms with van der Waals surface area (Å²) < 4.78 is 0. The van der Waals surface area contributed by atoms with Crippen molar-refractivity contribution in [1.82, 2.24) is 4.90 Å². The molecule has 3 heteroatoms. The van der Waals surface area contributed by atoms with Gasteiger partial charge in [0.05, 0.1) is 0 Å². The minimum Gasteiger partial charge on any atom is -0.343 e. The Labute approximate surface area is 86.6 Å². The van der Waals surface area contributed by atoms with Crippen molar-refractivity contribution < 1.29 is 4.79 Å². The Balaban J connectivity index is 2.47. The summed E-state index contributed by atoms with van der Waals surface area (Å²) in [5.41, 5.74) is 5.94. The molecule has 0 saturated heterocycles. The first-order valence-electron chi connectivity index (χ1n) is 5.49. The van der Waals surface area contributed by atoms with Crippen molar-refractivity contribution in [2.24, 2.45) is 5.73 Å². The number of amides is 1. The molecule has 2 N–H and O–H groups in total. The van der Waals surface area contributed by atoms with E-state index in [0.717, 1.165) is 12.8 Å². The Hall–Kier alpha value is -0.570. The largest absolute Gasteiger partial charge is 0.343 e. The fourth-order valence-corrected chi connectivity index (χ4v) is 1.97. The van der Waals surface area contributed by atoms with E-state index < -0.39 is 0 Å². The van der Waals surface area contributed by atoms with Gasteiger partial charge in [-0.1, -0.05) is 12.8 Å². The van der Waals surface area contributed by atoms with E-state index >= 15 is 0 Å². The molecule has 0 radical (unpaired) electrons. The molecular weight excluding hydrogens is 176 g/mol. The van der Waals surface area contributed by atoms with Crippen LogP contribution in [0.25, 0.3) is 0 Å². The minimum absolute atomic E-state index is 0.185. The predicted octanol–water partition coefficient (Wildman–Crippen LogP) is 1.51. The quantitative estimate of drug-likeness (QED) is 0.747. The molecule has 1 amide bonds. The van der Waals surface area contributed by atoms with E-state index in [1.54, 1.807) is 4.90 Å². The van der Waals surface area contributed by atoms with Gasteiger partial charge in [0.25, 0.3) is 0 Å². The highest BCUT2D eigenvalue weighted by Crippen LogP contribution is 2.30. The summed E-state index contributed by atoms with van der Waals surface area (Å²) >= 11 is 0. The van der Waals surface area contributed by atoms with Crippen LogP contribution in [0.5, 0.6) is 0 Å². The van der Waals surface area contributed by atoms with Gasteiger partial charge in [0.1, 0.15) is 0 Å². The van der Waals surface area contributed by atoms with Gasteiger partial charge in [-0.2, -0.15) is 0 Å². The Kier molecular flexibility index (Phi) is 3.53. The van der Waals surface area contributed by atoms with E-state index in [0.29, 0.717) is 6.42 Å². The molecule has 1 saturated carbocycles. The fourth-order valence-electron chi connectivity index (χ4n) is 1.97. The fraction of sp³-hybridized carbons (Fsp3) is 0.909. The Morgan fingerprint density at radius 1 is 1.43 bits per heavy atom. The van der Waals surface area contributed by atoms with Gasteiger partial charge in [-0.15, -0.1) is 0 Å². The highest BCUT2D eigenvalue weighted by Gasteiger charge is 2.32. The molecule has 1 aliphatic rings. The first-order chi connectivity index (χ1) is 6.44. The van der Waals surface area contributed by atoms with Crippen LogP contribution in [-0.4, -0.2) is 29.4 Å². The van der Waals surface area contributed by atoms with Crippen molar-refractivity contribution >= 4 is 5.91 Å². The van der Waals surface area contributed by atoms with E-state index in [4.69, 9.17) is 5.73 Å². The van der Waals surface area contributed by atoms with Crippen LogP contribution in [0.3, 0.4) is 0 Å². The average Bonchev–Trinajstić information content (AvgIpc) is 2.50. The molecule has 0 bridgehead atoms. The van der Waals surface area contributed by atoms with Crippen LogP contribution in [0.1, 0.15) is 46.0 Å². The maximum absolute atomic E-state index is 11.8. The second-order valence-corrected chi connectivity index (χ2v) is 4.84. The summed E-state index contributed by atoms with van der Waals surface area (Å²) in [6.07, 6.45) is 4.88. The third-order valence-corrected chi connectivity index (χ3v) is 3.27. The number of hydrogen-bond donors (Lipinski definition) is 1. The van der Waals surface area contributed by atoms with Gasteiger partial charge in [-0.05, 0) is 26.7 Å². The zero-order valence-corrected chi connectivity index (χ0v) is 9.55. The lowest BCUT2D eigenvalue weighted by molar-refractivity contribution is -0.132. The molecule has 0 heterocycles.